The van der Waals surface area contributed by atoms with E-state index in [-0.39, 0.29) is 36.1 Å². The van der Waals surface area contributed by atoms with Gasteiger partial charge in [-0.15, -0.1) is 0 Å². The predicted molar refractivity (Wildman–Crippen MR) is 85.7 cm³/mol. The number of Topliss-reactive ketones (excluding diaryl/α,β-unsaturated/α-hetero) is 1. The quantitative estimate of drug-likeness (QED) is 0.841. The summed E-state index contributed by atoms with van der Waals surface area (Å²) in [7, 11) is 1.79. The van der Waals surface area contributed by atoms with Crippen LogP contribution in [-0.2, 0) is 4.79 Å². The fraction of sp³-hybridized carbons (Fsp3) is 0.556. The molecule has 4 nitrogen and oxygen atoms in total. The minimum absolute atomic E-state index is 0.00602. The van der Waals surface area contributed by atoms with Gasteiger partial charge in [-0.3, -0.25) is 9.59 Å². The summed E-state index contributed by atoms with van der Waals surface area (Å²) in [5.41, 5.74) is 0.101. The molecule has 130 valence electrons. The van der Waals surface area contributed by atoms with Gasteiger partial charge in [-0.25, -0.2) is 8.78 Å². The number of rotatable bonds is 5. The van der Waals surface area contributed by atoms with Crippen molar-refractivity contribution in [3.8, 4) is 0 Å². The number of benzene rings is 1. The summed E-state index contributed by atoms with van der Waals surface area (Å²) in [6.45, 7) is 0. The maximum absolute atomic E-state index is 13.2. The Balaban J connectivity index is 1.52. The van der Waals surface area contributed by atoms with Gasteiger partial charge in [0.15, 0.2) is 17.4 Å². The molecule has 0 aliphatic carbocycles. The number of amides is 1. The Morgan fingerprint density at radius 2 is 1.79 bits per heavy atom. The largest absolute Gasteiger partial charge is 0.343 e. The van der Waals surface area contributed by atoms with Crippen LogP contribution < -0.4 is 5.32 Å². The third-order valence-corrected chi connectivity index (χ3v) is 5.20. The van der Waals surface area contributed by atoms with E-state index in [0.717, 1.165) is 37.8 Å². The number of carbonyl (C=O) groups is 2. The summed E-state index contributed by atoms with van der Waals surface area (Å²) in [5, 5.41) is 3.54. The van der Waals surface area contributed by atoms with Crippen molar-refractivity contribution in [1.82, 2.24) is 10.2 Å². The van der Waals surface area contributed by atoms with Gasteiger partial charge in [0.25, 0.3) is 0 Å². The molecule has 6 heteroatoms. The molecule has 1 amide bonds. The van der Waals surface area contributed by atoms with E-state index in [2.05, 4.69) is 5.32 Å². The molecule has 1 aromatic rings. The van der Waals surface area contributed by atoms with E-state index in [1.165, 1.54) is 6.07 Å². The zero-order valence-corrected chi connectivity index (χ0v) is 13.7. The van der Waals surface area contributed by atoms with Crippen molar-refractivity contribution in [3.05, 3.63) is 35.4 Å². The zero-order chi connectivity index (χ0) is 17.3. The maximum Gasteiger partial charge on any atom is 0.223 e. The Kier molecular flexibility index (Phi) is 4.94. The summed E-state index contributed by atoms with van der Waals surface area (Å²) < 4.78 is 26.1. The van der Waals surface area contributed by atoms with Gasteiger partial charge in [-0.05, 0) is 43.9 Å². The summed E-state index contributed by atoms with van der Waals surface area (Å²) >= 11 is 0. The topological polar surface area (TPSA) is 49.4 Å². The Bertz CT molecular complexity index is 638. The fourth-order valence-corrected chi connectivity index (χ4v) is 3.76. The number of fused-ring (bicyclic) bond motifs is 2. The lowest BCUT2D eigenvalue weighted by atomic mass is 9.98. The summed E-state index contributed by atoms with van der Waals surface area (Å²) in [6.07, 6.45) is 4.33. The van der Waals surface area contributed by atoms with Crippen LogP contribution >= 0.6 is 0 Å². The average molecular weight is 336 g/mol. The molecule has 3 rings (SSSR count). The lowest BCUT2D eigenvalue weighted by molar-refractivity contribution is -0.132. The monoisotopic (exact) mass is 336 g/mol. The number of hydrogen-bond acceptors (Lipinski definition) is 3. The molecule has 2 aliphatic heterocycles. The van der Waals surface area contributed by atoms with Crippen molar-refractivity contribution in [2.45, 2.75) is 56.7 Å². The van der Waals surface area contributed by atoms with Crippen LogP contribution in [0.2, 0.25) is 0 Å². The third kappa shape index (κ3) is 3.64. The van der Waals surface area contributed by atoms with Crippen LogP contribution in [0.3, 0.4) is 0 Å². The highest BCUT2D eigenvalue weighted by atomic mass is 19.2. The number of nitrogens with zero attached hydrogens (tertiary/aromatic N) is 1. The first-order valence-corrected chi connectivity index (χ1v) is 8.44. The predicted octanol–water partition coefficient (Wildman–Crippen LogP) is 2.67. The first kappa shape index (κ1) is 17.0. The van der Waals surface area contributed by atoms with E-state index in [1.807, 2.05) is 0 Å². The number of hydrogen-bond donors (Lipinski definition) is 1. The fourth-order valence-electron chi connectivity index (χ4n) is 3.76. The van der Waals surface area contributed by atoms with Crippen LogP contribution in [0.5, 0.6) is 0 Å². The standard InChI is InChI=1S/C18H22F2N2O2/c1-22(14-9-12-3-4-13(10-14)21-12)18(24)7-6-17(23)11-2-5-15(19)16(20)8-11/h2,5,8,12-14,21H,3-4,6-7,9-10H2,1H3. The van der Waals surface area contributed by atoms with E-state index < -0.39 is 11.6 Å². The highest BCUT2D eigenvalue weighted by molar-refractivity contribution is 5.97. The Hall–Kier alpha value is -1.82. The summed E-state index contributed by atoms with van der Waals surface area (Å²) in [6, 6.07) is 4.27. The second kappa shape index (κ2) is 6.97. The second-order valence-corrected chi connectivity index (χ2v) is 6.82. The van der Waals surface area contributed by atoms with Gasteiger partial charge in [0.05, 0.1) is 0 Å². The van der Waals surface area contributed by atoms with Gasteiger partial charge < -0.3 is 10.2 Å². The molecule has 2 heterocycles. The third-order valence-electron chi connectivity index (χ3n) is 5.20. The minimum Gasteiger partial charge on any atom is -0.343 e. The van der Waals surface area contributed by atoms with E-state index in [4.69, 9.17) is 0 Å². The van der Waals surface area contributed by atoms with E-state index in [0.29, 0.717) is 12.1 Å². The van der Waals surface area contributed by atoms with Crippen LogP contribution in [0.25, 0.3) is 0 Å². The molecule has 2 unspecified atom stereocenters. The molecular weight excluding hydrogens is 314 g/mol. The van der Waals surface area contributed by atoms with Crippen LogP contribution in [0.15, 0.2) is 18.2 Å². The van der Waals surface area contributed by atoms with Gasteiger partial charge in [0.1, 0.15) is 0 Å². The van der Waals surface area contributed by atoms with E-state index >= 15 is 0 Å². The van der Waals surface area contributed by atoms with Gasteiger partial charge >= 0.3 is 0 Å². The molecule has 1 N–H and O–H groups in total. The van der Waals surface area contributed by atoms with Crippen molar-refractivity contribution < 1.29 is 18.4 Å². The Morgan fingerprint density at radius 3 is 2.42 bits per heavy atom. The van der Waals surface area contributed by atoms with Crippen molar-refractivity contribution in [3.63, 3.8) is 0 Å². The highest BCUT2D eigenvalue weighted by Crippen LogP contribution is 2.29. The van der Waals surface area contributed by atoms with Gasteiger partial charge in [0, 0.05) is 43.6 Å². The second-order valence-electron chi connectivity index (χ2n) is 6.82. The number of halogens is 2. The molecule has 0 aromatic heterocycles. The average Bonchev–Trinajstić information content (AvgIpc) is 2.92. The first-order valence-electron chi connectivity index (χ1n) is 8.44. The van der Waals surface area contributed by atoms with E-state index in [1.54, 1.807) is 11.9 Å². The molecule has 2 atom stereocenters. The summed E-state index contributed by atoms with van der Waals surface area (Å²) in [5.74, 6) is -2.45. The summed E-state index contributed by atoms with van der Waals surface area (Å²) in [4.78, 5) is 26.2. The number of carbonyl (C=O) groups excluding carboxylic acids is 2. The minimum atomic E-state index is -1.05. The van der Waals surface area contributed by atoms with Gasteiger partial charge in [-0.1, -0.05) is 0 Å². The maximum atomic E-state index is 13.2. The van der Waals surface area contributed by atoms with Crippen molar-refractivity contribution in [2.24, 2.45) is 0 Å². The number of ketones is 1. The lowest BCUT2D eigenvalue weighted by Crippen LogP contribution is -2.48. The van der Waals surface area contributed by atoms with Crippen LogP contribution in [-0.4, -0.2) is 41.8 Å². The smallest absolute Gasteiger partial charge is 0.223 e. The van der Waals surface area contributed by atoms with Crippen molar-refractivity contribution in [2.75, 3.05) is 7.05 Å². The van der Waals surface area contributed by atoms with E-state index in [9.17, 15) is 18.4 Å². The Labute approximate surface area is 140 Å². The molecule has 0 saturated carbocycles. The van der Waals surface area contributed by atoms with Crippen LogP contribution in [0.4, 0.5) is 8.78 Å². The molecule has 2 aliphatic rings. The zero-order valence-electron chi connectivity index (χ0n) is 13.7. The molecule has 24 heavy (non-hydrogen) atoms. The lowest BCUT2D eigenvalue weighted by Gasteiger charge is -2.35. The molecule has 2 fully saturated rings. The van der Waals surface area contributed by atoms with Crippen molar-refractivity contribution in [1.29, 1.82) is 0 Å². The van der Waals surface area contributed by atoms with Gasteiger partial charge in [0.2, 0.25) is 5.91 Å². The SMILES string of the molecule is CN(C(=O)CCC(=O)c1ccc(F)c(F)c1)C1CC2CCC(C1)N2. The molecule has 2 bridgehead atoms. The molecule has 0 spiro atoms. The van der Waals surface area contributed by atoms with Crippen LogP contribution in [0, 0.1) is 11.6 Å². The molecule has 2 saturated heterocycles. The number of nitrogens with one attached hydrogen (secondary N) is 1. The Morgan fingerprint density at radius 1 is 1.12 bits per heavy atom. The molecular formula is C18H22F2N2O2. The normalized spacial score (nSPS) is 25.5. The van der Waals surface area contributed by atoms with Crippen molar-refractivity contribution >= 4 is 11.7 Å². The first-order chi connectivity index (χ1) is 11.4. The molecule has 1 aromatic carbocycles. The highest BCUT2D eigenvalue weighted by Gasteiger charge is 2.36. The van der Waals surface area contributed by atoms with Crippen LogP contribution in [0.1, 0.15) is 48.9 Å². The number of piperidine rings is 1. The van der Waals surface area contributed by atoms with Gasteiger partial charge in [-0.2, -0.15) is 0 Å². The molecule has 0 radical (unpaired) electrons.